The van der Waals surface area contributed by atoms with Crippen LogP contribution in [-0.4, -0.2) is 23.0 Å². The standard InChI is InChI=1S/C14H18N2O4/c1-2-3-10-4-6-11(7-5-10)15-14(20)16-12(17)8-9-13(18)19/h4-7H,2-3,8-9H2,1H3,(H,18,19)(H2,15,16,17,20). The molecule has 0 aliphatic rings. The molecule has 0 aromatic heterocycles. The van der Waals surface area contributed by atoms with Crippen LogP contribution in [0.15, 0.2) is 24.3 Å². The third kappa shape index (κ3) is 5.99. The smallest absolute Gasteiger partial charge is 0.325 e. The van der Waals surface area contributed by atoms with Gasteiger partial charge in [0, 0.05) is 12.1 Å². The van der Waals surface area contributed by atoms with Crippen molar-refractivity contribution in [3.63, 3.8) is 0 Å². The predicted molar refractivity (Wildman–Crippen MR) is 74.5 cm³/mol. The third-order valence-electron chi connectivity index (χ3n) is 2.57. The van der Waals surface area contributed by atoms with Gasteiger partial charge < -0.3 is 10.4 Å². The van der Waals surface area contributed by atoms with Gasteiger partial charge >= 0.3 is 12.0 Å². The van der Waals surface area contributed by atoms with Crippen molar-refractivity contribution in [1.82, 2.24) is 5.32 Å². The lowest BCUT2D eigenvalue weighted by atomic mass is 10.1. The Labute approximate surface area is 117 Å². The molecule has 0 unspecified atom stereocenters. The first-order valence-corrected chi connectivity index (χ1v) is 6.43. The van der Waals surface area contributed by atoms with E-state index in [1.807, 2.05) is 12.1 Å². The van der Waals surface area contributed by atoms with Gasteiger partial charge in [-0.25, -0.2) is 4.79 Å². The number of aryl methyl sites for hydroxylation is 1. The fourth-order valence-electron chi connectivity index (χ4n) is 1.62. The van der Waals surface area contributed by atoms with E-state index < -0.39 is 17.9 Å². The molecule has 1 rings (SSSR count). The van der Waals surface area contributed by atoms with Gasteiger partial charge in [0.25, 0.3) is 0 Å². The average molecular weight is 278 g/mol. The maximum absolute atomic E-state index is 11.5. The van der Waals surface area contributed by atoms with Crippen LogP contribution < -0.4 is 10.6 Å². The van der Waals surface area contributed by atoms with E-state index in [4.69, 9.17) is 5.11 Å². The molecule has 0 spiro atoms. The van der Waals surface area contributed by atoms with Crippen LogP contribution in [0, 0.1) is 0 Å². The molecule has 1 aromatic carbocycles. The summed E-state index contributed by atoms with van der Waals surface area (Å²) in [4.78, 5) is 33.0. The van der Waals surface area contributed by atoms with E-state index >= 15 is 0 Å². The fraction of sp³-hybridized carbons (Fsp3) is 0.357. The number of carbonyl (C=O) groups is 3. The highest BCUT2D eigenvalue weighted by Gasteiger charge is 2.09. The van der Waals surface area contributed by atoms with Crippen LogP contribution in [0.25, 0.3) is 0 Å². The minimum absolute atomic E-state index is 0.224. The van der Waals surface area contributed by atoms with Crippen LogP contribution >= 0.6 is 0 Å². The van der Waals surface area contributed by atoms with E-state index in [-0.39, 0.29) is 12.8 Å². The molecule has 6 heteroatoms. The molecule has 0 fully saturated rings. The van der Waals surface area contributed by atoms with Crippen molar-refractivity contribution < 1.29 is 19.5 Å². The van der Waals surface area contributed by atoms with Gasteiger partial charge in [-0.05, 0) is 24.1 Å². The predicted octanol–water partition coefficient (Wildman–Crippen LogP) is 2.15. The Morgan fingerprint density at radius 1 is 1.10 bits per heavy atom. The van der Waals surface area contributed by atoms with E-state index in [1.54, 1.807) is 12.1 Å². The number of imide groups is 1. The molecule has 1 aromatic rings. The number of hydrogen-bond acceptors (Lipinski definition) is 3. The molecule has 0 aliphatic carbocycles. The number of rotatable bonds is 6. The number of urea groups is 1. The lowest BCUT2D eigenvalue weighted by molar-refractivity contribution is -0.138. The molecular formula is C14H18N2O4. The summed E-state index contributed by atoms with van der Waals surface area (Å²) in [6.07, 6.45) is 1.49. The number of carboxylic acids is 1. The van der Waals surface area contributed by atoms with Crippen molar-refractivity contribution in [2.24, 2.45) is 0 Å². The Morgan fingerprint density at radius 2 is 1.75 bits per heavy atom. The van der Waals surface area contributed by atoms with Gasteiger partial charge in [0.15, 0.2) is 0 Å². The number of benzene rings is 1. The number of aliphatic carboxylic acids is 1. The lowest BCUT2D eigenvalue weighted by Gasteiger charge is -2.07. The molecule has 3 amide bonds. The van der Waals surface area contributed by atoms with Gasteiger partial charge in [0.2, 0.25) is 5.91 Å². The molecule has 0 radical (unpaired) electrons. The van der Waals surface area contributed by atoms with Crippen LogP contribution in [0.5, 0.6) is 0 Å². The van der Waals surface area contributed by atoms with Crippen molar-refractivity contribution >= 4 is 23.6 Å². The van der Waals surface area contributed by atoms with E-state index in [0.717, 1.165) is 12.8 Å². The van der Waals surface area contributed by atoms with Gasteiger partial charge in [-0.3, -0.25) is 14.9 Å². The van der Waals surface area contributed by atoms with Crippen molar-refractivity contribution in [2.45, 2.75) is 32.6 Å². The Morgan fingerprint density at radius 3 is 2.30 bits per heavy atom. The number of carbonyl (C=O) groups excluding carboxylic acids is 2. The lowest BCUT2D eigenvalue weighted by Crippen LogP contribution is -2.34. The first-order valence-electron chi connectivity index (χ1n) is 6.43. The molecular weight excluding hydrogens is 260 g/mol. The maximum Gasteiger partial charge on any atom is 0.325 e. The minimum Gasteiger partial charge on any atom is -0.481 e. The van der Waals surface area contributed by atoms with Gasteiger partial charge in [-0.2, -0.15) is 0 Å². The van der Waals surface area contributed by atoms with Crippen molar-refractivity contribution in [3.8, 4) is 0 Å². The van der Waals surface area contributed by atoms with Crippen LogP contribution in [0.2, 0.25) is 0 Å². The highest BCUT2D eigenvalue weighted by molar-refractivity contribution is 6.01. The highest BCUT2D eigenvalue weighted by atomic mass is 16.4. The van der Waals surface area contributed by atoms with Crippen LogP contribution in [-0.2, 0) is 16.0 Å². The number of hydrogen-bond donors (Lipinski definition) is 3. The first-order chi connectivity index (χ1) is 9.51. The summed E-state index contributed by atoms with van der Waals surface area (Å²) in [7, 11) is 0. The molecule has 0 heterocycles. The number of carboxylic acid groups (broad SMARTS) is 1. The van der Waals surface area contributed by atoms with E-state index in [9.17, 15) is 14.4 Å². The highest BCUT2D eigenvalue weighted by Crippen LogP contribution is 2.10. The first kappa shape index (κ1) is 15.7. The van der Waals surface area contributed by atoms with Gasteiger partial charge in [-0.15, -0.1) is 0 Å². The van der Waals surface area contributed by atoms with Gasteiger partial charge in [0.1, 0.15) is 0 Å². The zero-order valence-corrected chi connectivity index (χ0v) is 11.3. The zero-order chi connectivity index (χ0) is 15.0. The molecule has 0 saturated carbocycles. The third-order valence-corrected chi connectivity index (χ3v) is 2.57. The zero-order valence-electron chi connectivity index (χ0n) is 11.3. The molecule has 20 heavy (non-hydrogen) atoms. The fourth-order valence-corrected chi connectivity index (χ4v) is 1.62. The van der Waals surface area contributed by atoms with E-state index in [0.29, 0.717) is 5.69 Å². The van der Waals surface area contributed by atoms with E-state index in [2.05, 4.69) is 17.6 Å². The summed E-state index contributed by atoms with van der Waals surface area (Å²) in [6.45, 7) is 2.09. The Kier molecular flexibility index (Phi) is 6.22. The molecule has 3 N–H and O–H groups in total. The second kappa shape index (κ2) is 7.93. The second-order valence-electron chi connectivity index (χ2n) is 4.34. The Balaban J connectivity index is 2.41. The summed E-state index contributed by atoms with van der Waals surface area (Å²) in [5.41, 5.74) is 1.75. The molecule has 108 valence electrons. The summed E-state index contributed by atoms with van der Waals surface area (Å²) in [5, 5.41) is 13.0. The molecule has 0 aliphatic heterocycles. The monoisotopic (exact) mass is 278 g/mol. The SMILES string of the molecule is CCCc1ccc(NC(=O)NC(=O)CCC(=O)O)cc1. The van der Waals surface area contributed by atoms with E-state index in [1.165, 1.54) is 5.56 Å². The average Bonchev–Trinajstić information content (AvgIpc) is 2.39. The largest absolute Gasteiger partial charge is 0.481 e. The van der Waals surface area contributed by atoms with Crippen LogP contribution in [0.1, 0.15) is 31.7 Å². The Bertz CT molecular complexity index is 482. The quantitative estimate of drug-likeness (QED) is 0.743. The molecule has 0 atom stereocenters. The van der Waals surface area contributed by atoms with Crippen molar-refractivity contribution in [1.29, 1.82) is 0 Å². The molecule has 0 saturated heterocycles. The topological polar surface area (TPSA) is 95.5 Å². The maximum atomic E-state index is 11.5. The number of anilines is 1. The summed E-state index contributed by atoms with van der Waals surface area (Å²) < 4.78 is 0. The second-order valence-corrected chi connectivity index (χ2v) is 4.34. The summed E-state index contributed by atoms with van der Waals surface area (Å²) >= 11 is 0. The molecule has 0 bridgehead atoms. The number of amides is 3. The van der Waals surface area contributed by atoms with Gasteiger partial charge in [-0.1, -0.05) is 25.5 Å². The minimum atomic E-state index is -1.08. The number of nitrogens with one attached hydrogen (secondary N) is 2. The van der Waals surface area contributed by atoms with Crippen molar-refractivity contribution in [2.75, 3.05) is 5.32 Å². The Hall–Kier alpha value is -2.37. The summed E-state index contributed by atoms with van der Waals surface area (Å²) in [6, 6.07) is 6.67. The van der Waals surface area contributed by atoms with Crippen LogP contribution in [0.4, 0.5) is 10.5 Å². The normalized spacial score (nSPS) is 9.85. The molecule has 6 nitrogen and oxygen atoms in total. The van der Waals surface area contributed by atoms with Crippen LogP contribution in [0.3, 0.4) is 0 Å². The van der Waals surface area contributed by atoms with Gasteiger partial charge in [0.05, 0.1) is 6.42 Å². The van der Waals surface area contributed by atoms with Crippen molar-refractivity contribution in [3.05, 3.63) is 29.8 Å². The summed E-state index contributed by atoms with van der Waals surface area (Å²) in [5.74, 6) is -1.69.